The fourth-order valence-electron chi connectivity index (χ4n) is 2.45. The van der Waals surface area contributed by atoms with E-state index in [0.717, 1.165) is 18.6 Å². The molecule has 0 aliphatic heterocycles. The summed E-state index contributed by atoms with van der Waals surface area (Å²) in [6, 6.07) is 7.86. The van der Waals surface area contributed by atoms with Crippen molar-refractivity contribution in [2.24, 2.45) is 5.92 Å². The van der Waals surface area contributed by atoms with Crippen molar-refractivity contribution in [1.29, 1.82) is 0 Å². The highest BCUT2D eigenvalue weighted by Gasteiger charge is 2.31. The first kappa shape index (κ1) is 22.0. The van der Waals surface area contributed by atoms with Crippen LogP contribution in [0.3, 0.4) is 0 Å². The first-order chi connectivity index (χ1) is 13.2. The van der Waals surface area contributed by atoms with Gasteiger partial charge in [-0.2, -0.15) is 0 Å². The Morgan fingerprint density at radius 2 is 1.71 bits per heavy atom. The van der Waals surface area contributed by atoms with Crippen LogP contribution in [0, 0.1) is 11.7 Å². The second-order valence-electron chi connectivity index (χ2n) is 6.65. The second-order valence-corrected chi connectivity index (χ2v) is 9.76. The molecule has 0 aliphatic carbocycles. The minimum Gasteiger partial charge on any atom is -0.348 e. The number of hydrogen-bond acceptors (Lipinski definition) is 5. The molecule has 1 heterocycles. The third kappa shape index (κ3) is 5.87. The molecule has 1 aromatic carbocycles. The van der Waals surface area contributed by atoms with E-state index >= 15 is 0 Å². The first-order valence-electron chi connectivity index (χ1n) is 8.80. The predicted molar refractivity (Wildman–Crippen MR) is 106 cm³/mol. The van der Waals surface area contributed by atoms with Crippen molar-refractivity contribution < 1.29 is 22.4 Å². The summed E-state index contributed by atoms with van der Waals surface area (Å²) >= 11 is 1.23. The molecule has 0 saturated heterocycles. The maximum atomic E-state index is 13.1. The maximum Gasteiger partial charge on any atom is 0.309 e. The molecule has 0 bridgehead atoms. The van der Waals surface area contributed by atoms with E-state index in [-0.39, 0.29) is 11.4 Å². The SMILES string of the molecule is CC(C)CCNC(=O)C(=O)NC[C@H](c1cccs1)S(=O)(=O)c1ccc(F)cc1. The molecule has 28 heavy (non-hydrogen) atoms. The molecule has 9 heteroatoms. The Morgan fingerprint density at radius 3 is 2.29 bits per heavy atom. The summed E-state index contributed by atoms with van der Waals surface area (Å²) in [4.78, 5) is 24.4. The van der Waals surface area contributed by atoms with Crippen molar-refractivity contribution in [1.82, 2.24) is 10.6 Å². The quantitative estimate of drug-likeness (QED) is 0.501. The molecule has 152 valence electrons. The Balaban J connectivity index is 2.11. The maximum absolute atomic E-state index is 13.1. The molecule has 1 atom stereocenters. The molecule has 0 spiro atoms. The van der Waals surface area contributed by atoms with Gasteiger partial charge in [0.2, 0.25) is 0 Å². The third-order valence-corrected chi connectivity index (χ3v) is 7.27. The Hall–Kier alpha value is -2.26. The molecule has 0 aliphatic rings. The van der Waals surface area contributed by atoms with E-state index in [4.69, 9.17) is 0 Å². The van der Waals surface area contributed by atoms with Crippen molar-refractivity contribution in [2.45, 2.75) is 30.4 Å². The molecule has 0 fully saturated rings. The highest BCUT2D eigenvalue weighted by atomic mass is 32.2. The summed E-state index contributed by atoms with van der Waals surface area (Å²) in [6.45, 7) is 4.10. The molecule has 6 nitrogen and oxygen atoms in total. The fourth-order valence-corrected chi connectivity index (χ4v) is 5.23. The highest BCUT2D eigenvalue weighted by Crippen LogP contribution is 2.31. The number of rotatable bonds is 8. The van der Waals surface area contributed by atoms with Crippen LogP contribution in [0.4, 0.5) is 4.39 Å². The minimum absolute atomic E-state index is 0.0528. The van der Waals surface area contributed by atoms with Gasteiger partial charge in [0, 0.05) is 18.0 Å². The standard InChI is InChI=1S/C19H23FN2O4S2/c1-13(2)9-10-21-18(23)19(24)22-12-17(16-4-3-11-27-16)28(25,26)15-7-5-14(20)6-8-15/h3-8,11,13,17H,9-10,12H2,1-2H3,(H,21,23)(H,22,24)/t17-/m1/s1. The molecule has 2 aromatic rings. The van der Waals surface area contributed by atoms with Crippen LogP contribution in [0.25, 0.3) is 0 Å². The van der Waals surface area contributed by atoms with Crippen LogP contribution in [0.1, 0.15) is 30.4 Å². The lowest BCUT2D eigenvalue weighted by Crippen LogP contribution is -2.42. The van der Waals surface area contributed by atoms with Gasteiger partial charge in [0.05, 0.1) is 4.90 Å². The number of carbonyl (C=O) groups is 2. The zero-order chi connectivity index (χ0) is 20.7. The zero-order valence-corrected chi connectivity index (χ0v) is 17.3. The van der Waals surface area contributed by atoms with Crippen LogP contribution in [-0.2, 0) is 19.4 Å². The van der Waals surface area contributed by atoms with Crippen molar-refractivity contribution in [3.63, 3.8) is 0 Å². The highest BCUT2D eigenvalue weighted by molar-refractivity contribution is 7.91. The van der Waals surface area contributed by atoms with Crippen LogP contribution >= 0.6 is 11.3 Å². The Bertz CT molecular complexity index is 895. The number of nitrogens with one attached hydrogen (secondary N) is 2. The average molecular weight is 427 g/mol. The topological polar surface area (TPSA) is 92.3 Å². The van der Waals surface area contributed by atoms with E-state index in [1.54, 1.807) is 17.5 Å². The lowest BCUT2D eigenvalue weighted by atomic mass is 10.1. The lowest BCUT2D eigenvalue weighted by molar-refractivity contribution is -0.139. The monoisotopic (exact) mass is 426 g/mol. The third-order valence-electron chi connectivity index (χ3n) is 4.04. The molecule has 2 N–H and O–H groups in total. The summed E-state index contributed by atoms with van der Waals surface area (Å²) in [5.41, 5.74) is 0. The molecule has 2 rings (SSSR count). The van der Waals surface area contributed by atoms with Gasteiger partial charge in [-0.05, 0) is 48.1 Å². The van der Waals surface area contributed by atoms with Gasteiger partial charge in [-0.25, -0.2) is 12.8 Å². The fraction of sp³-hybridized carbons (Fsp3) is 0.368. The number of benzene rings is 1. The van der Waals surface area contributed by atoms with Gasteiger partial charge in [-0.1, -0.05) is 19.9 Å². The van der Waals surface area contributed by atoms with Crippen LogP contribution < -0.4 is 10.6 Å². The summed E-state index contributed by atoms with van der Waals surface area (Å²) < 4.78 is 39.2. The molecular weight excluding hydrogens is 403 g/mol. The van der Waals surface area contributed by atoms with Gasteiger partial charge < -0.3 is 10.6 Å². The molecule has 0 saturated carbocycles. The summed E-state index contributed by atoms with van der Waals surface area (Å²) in [6.07, 6.45) is 0.732. The minimum atomic E-state index is -3.89. The van der Waals surface area contributed by atoms with Crippen LogP contribution in [-0.4, -0.2) is 33.3 Å². The Kier molecular flexibility index (Phi) is 7.70. The van der Waals surface area contributed by atoms with E-state index in [9.17, 15) is 22.4 Å². The summed E-state index contributed by atoms with van der Waals surface area (Å²) in [7, 11) is -3.89. The largest absolute Gasteiger partial charge is 0.348 e. The van der Waals surface area contributed by atoms with Gasteiger partial charge in [0.25, 0.3) is 0 Å². The Labute approximate surface area is 168 Å². The van der Waals surface area contributed by atoms with Crippen LogP contribution in [0.5, 0.6) is 0 Å². The second kappa shape index (κ2) is 9.79. The van der Waals surface area contributed by atoms with Crippen molar-refractivity contribution in [3.05, 3.63) is 52.5 Å². The molecule has 0 radical (unpaired) electrons. The average Bonchev–Trinajstić information content (AvgIpc) is 3.15. The smallest absolute Gasteiger partial charge is 0.309 e. The van der Waals surface area contributed by atoms with E-state index in [0.29, 0.717) is 17.3 Å². The van der Waals surface area contributed by atoms with Crippen LogP contribution in [0.2, 0.25) is 0 Å². The van der Waals surface area contributed by atoms with Crippen molar-refractivity contribution in [2.75, 3.05) is 13.1 Å². The van der Waals surface area contributed by atoms with Crippen molar-refractivity contribution >= 4 is 33.0 Å². The number of halogens is 1. The van der Waals surface area contributed by atoms with Gasteiger partial charge in [-0.15, -0.1) is 11.3 Å². The van der Waals surface area contributed by atoms with E-state index in [1.165, 1.54) is 23.5 Å². The normalized spacial score (nSPS) is 12.6. The number of amides is 2. The summed E-state index contributed by atoms with van der Waals surface area (Å²) in [5, 5.41) is 5.55. The number of carbonyl (C=O) groups excluding carboxylic acids is 2. The lowest BCUT2D eigenvalue weighted by Gasteiger charge is -2.17. The van der Waals surface area contributed by atoms with Crippen LogP contribution in [0.15, 0.2) is 46.7 Å². The Morgan fingerprint density at radius 1 is 1.07 bits per heavy atom. The molecule has 0 unspecified atom stereocenters. The molecule has 2 amide bonds. The zero-order valence-electron chi connectivity index (χ0n) is 15.6. The number of hydrogen-bond donors (Lipinski definition) is 2. The first-order valence-corrected chi connectivity index (χ1v) is 11.2. The van der Waals surface area contributed by atoms with Gasteiger partial charge in [-0.3, -0.25) is 9.59 Å². The number of thiophene rings is 1. The molecule has 1 aromatic heterocycles. The van der Waals surface area contributed by atoms with Gasteiger partial charge >= 0.3 is 11.8 Å². The molecular formula is C19H23FN2O4S2. The predicted octanol–water partition coefficient (Wildman–Crippen LogP) is 2.68. The van der Waals surface area contributed by atoms with Gasteiger partial charge in [0.1, 0.15) is 11.1 Å². The summed E-state index contributed by atoms with van der Waals surface area (Å²) in [5.74, 6) is -1.85. The van der Waals surface area contributed by atoms with Gasteiger partial charge in [0.15, 0.2) is 9.84 Å². The van der Waals surface area contributed by atoms with E-state index < -0.39 is 32.7 Å². The number of sulfone groups is 1. The van der Waals surface area contributed by atoms with Crippen molar-refractivity contribution in [3.8, 4) is 0 Å². The van der Waals surface area contributed by atoms with E-state index in [1.807, 2.05) is 13.8 Å². The van der Waals surface area contributed by atoms with E-state index in [2.05, 4.69) is 10.6 Å².